The van der Waals surface area contributed by atoms with Gasteiger partial charge < -0.3 is 10.2 Å². The Morgan fingerprint density at radius 3 is 2.62 bits per heavy atom. The molecule has 0 radical (unpaired) electrons. The average Bonchev–Trinajstić information content (AvgIpc) is 3.25. The van der Waals surface area contributed by atoms with Crippen LogP contribution in [0.5, 0.6) is 0 Å². The molecule has 2 amide bonds. The number of piperazine rings is 1. The smallest absolute Gasteiger partial charge is 0.246 e. The summed E-state index contributed by atoms with van der Waals surface area (Å²) < 4.78 is 0. The zero-order valence-corrected chi connectivity index (χ0v) is 14.2. The maximum Gasteiger partial charge on any atom is 0.246 e. The van der Waals surface area contributed by atoms with E-state index in [-0.39, 0.29) is 23.9 Å². The fourth-order valence-electron chi connectivity index (χ4n) is 2.96. The van der Waals surface area contributed by atoms with Gasteiger partial charge in [0.15, 0.2) is 0 Å². The van der Waals surface area contributed by atoms with Crippen LogP contribution >= 0.6 is 11.8 Å². The van der Waals surface area contributed by atoms with E-state index in [0.717, 1.165) is 43.7 Å². The third-order valence-corrected chi connectivity index (χ3v) is 5.19. The zero-order chi connectivity index (χ0) is 15.4. The summed E-state index contributed by atoms with van der Waals surface area (Å²) in [6.07, 6.45) is 3.88. The lowest BCUT2D eigenvalue weighted by atomic mass is 9.96. The minimum Gasteiger partial charge on any atom is -0.342 e. The summed E-state index contributed by atoms with van der Waals surface area (Å²) >= 11 is 1.89. The molecule has 1 N–H and O–H groups in total. The standard InChI is InChI=1S/C16H28N2O2S/c1-4-21-9-5-8-18-13(10-11(2)3)15(19)17-14(16(18)20)12-6-7-12/h11-14H,4-10H2,1-3H3,(H,17,19). The Balaban J connectivity index is 2.02. The second kappa shape index (κ2) is 7.52. The second-order valence-electron chi connectivity index (χ2n) is 6.55. The molecule has 2 atom stereocenters. The van der Waals surface area contributed by atoms with Crippen LogP contribution in [0.25, 0.3) is 0 Å². The van der Waals surface area contributed by atoms with Gasteiger partial charge >= 0.3 is 0 Å². The maximum atomic E-state index is 12.7. The highest BCUT2D eigenvalue weighted by Gasteiger charge is 2.46. The van der Waals surface area contributed by atoms with Crippen molar-refractivity contribution in [2.45, 2.75) is 58.5 Å². The highest BCUT2D eigenvalue weighted by atomic mass is 32.2. The zero-order valence-electron chi connectivity index (χ0n) is 13.4. The number of rotatable bonds is 8. The minimum atomic E-state index is -0.265. The quantitative estimate of drug-likeness (QED) is 0.700. The summed E-state index contributed by atoms with van der Waals surface area (Å²) in [7, 11) is 0. The normalized spacial score (nSPS) is 26.4. The summed E-state index contributed by atoms with van der Waals surface area (Å²) in [6, 6.07) is -0.515. The fraction of sp³-hybridized carbons (Fsp3) is 0.875. The number of nitrogens with zero attached hydrogens (tertiary/aromatic N) is 1. The lowest BCUT2D eigenvalue weighted by Crippen LogP contribution is -2.64. The first-order chi connectivity index (χ1) is 10.0. The van der Waals surface area contributed by atoms with Crippen LogP contribution in [0.15, 0.2) is 0 Å². The molecule has 0 aromatic carbocycles. The Bertz CT molecular complexity index is 382. The van der Waals surface area contributed by atoms with Crippen molar-refractivity contribution >= 4 is 23.6 Å². The van der Waals surface area contributed by atoms with Crippen LogP contribution < -0.4 is 5.32 Å². The average molecular weight is 312 g/mol. The monoisotopic (exact) mass is 312 g/mol. The van der Waals surface area contributed by atoms with E-state index in [9.17, 15) is 9.59 Å². The number of carbonyl (C=O) groups is 2. The van der Waals surface area contributed by atoms with Gasteiger partial charge in [0, 0.05) is 6.54 Å². The van der Waals surface area contributed by atoms with Gasteiger partial charge in [-0.05, 0) is 49.0 Å². The van der Waals surface area contributed by atoms with Gasteiger partial charge in [-0.25, -0.2) is 0 Å². The molecule has 1 aliphatic carbocycles. The minimum absolute atomic E-state index is 0.0587. The molecule has 1 saturated heterocycles. The van der Waals surface area contributed by atoms with Crippen LogP contribution in [0.1, 0.15) is 46.5 Å². The molecule has 2 rings (SSSR count). The first-order valence-corrected chi connectivity index (χ1v) is 9.38. The Labute approximate surface area is 132 Å². The summed E-state index contributed by atoms with van der Waals surface area (Å²) in [5.41, 5.74) is 0. The maximum absolute atomic E-state index is 12.7. The van der Waals surface area contributed by atoms with Crippen molar-refractivity contribution in [1.29, 1.82) is 0 Å². The van der Waals surface area contributed by atoms with Gasteiger partial charge in [-0.1, -0.05) is 20.8 Å². The van der Waals surface area contributed by atoms with E-state index >= 15 is 0 Å². The Morgan fingerprint density at radius 2 is 2.05 bits per heavy atom. The third-order valence-electron chi connectivity index (χ3n) is 4.21. The van der Waals surface area contributed by atoms with E-state index < -0.39 is 0 Å². The summed E-state index contributed by atoms with van der Waals surface area (Å²) in [4.78, 5) is 27.0. The van der Waals surface area contributed by atoms with Gasteiger partial charge in [0.05, 0.1) is 0 Å². The molecule has 1 aliphatic heterocycles. The molecular formula is C16H28N2O2S. The van der Waals surface area contributed by atoms with Crippen LogP contribution in [0.3, 0.4) is 0 Å². The van der Waals surface area contributed by atoms with Crippen molar-refractivity contribution in [3.8, 4) is 0 Å². The second-order valence-corrected chi connectivity index (χ2v) is 7.94. The molecular weight excluding hydrogens is 284 g/mol. The molecule has 0 aromatic rings. The van der Waals surface area contributed by atoms with Gasteiger partial charge in [-0.15, -0.1) is 0 Å². The fourth-order valence-corrected chi connectivity index (χ4v) is 3.58. The van der Waals surface area contributed by atoms with Gasteiger partial charge in [-0.3, -0.25) is 9.59 Å². The van der Waals surface area contributed by atoms with Crippen LogP contribution in [0.2, 0.25) is 0 Å². The van der Waals surface area contributed by atoms with E-state index in [4.69, 9.17) is 0 Å². The van der Waals surface area contributed by atoms with Crippen molar-refractivity contribution in [3.05, 3.63) is 0 Å². The Hall–Kier alpha value is -0.710. The summed E-state index contributed by atoms with van der Waals surface area (Å²) in [5.74, 6) is 3.18. The van der Waals surface area contributed by atoms with Gasteiger partial charge in [0.1, 0.15) is 12.1 Å². The van der Waals surface area contributed by atoms with E-state index in [1.165, 1.54) is 0 Å². The molecule has 2 fully saturated rings. The van der Waals surface area contributed by atoms with Crippen molar-refractivity contribution in [2.24, 2.45) is 11.8 Å². The SMILES string of the molecule is CCSCCCN1C(=O)C(C2CC2)NC(=O)C1CC(C)C. The number of carbonyl (C=O) groups excluding carboxylic acids is 2. The van der Waals surface area contributed by atoms with E-state index in [2.05, 4.69) is 26.1 Å². The topological polar surface area (TPSA) is 49.4 Å². The Morgan fingerprint density at radius 1 is 1.33 bits per heavy atom. The molecule has 2 aliphatic rings. The molecule has 0 bridgehead atoms. The first-order valence-electron chi connectivity index (χ1n) is 8.23. The third kappa shape index (κ3) is 4.38. The molecule has 4 nitrogen and oxygen atoms in total. The van der Waals surface area contributed by atoms with E-state index in [1.807, 2.05) is 16.7 Å². The summed E-state index contributed by atoms with van der Waals surface area (Å²) in [6.45, 7) is 7.08. The number of nitrogens with one attached hydrogen (secondary N) is 1. The van der Waals surface area contributed by atoms with Gasteiger partial charge in [0.2, 0.25) is 11.8 Å². The van der Waals surface area contributed by atoms with E-state index in [0.29, 0.717) is 11.8 Å². The van der Waals surface area contributed by atoms with E-state index in [1.54, 1.807) is 0 Å². The van der Waals surface area contributed by atoms with Crippen molar-refractivity contribution in [1.82, 2.24) is 10.2 Å². The lowest BCUT2D eigenvalue weighted by molar-refractivity contribution is -0.150. The predicted molar refractivity (Wildman–Crippen MR) is 87.2 cm³/mol. The largest absolute Gasteiger partial charge is 0.342 e. The Kier molecular flexibility index (Phi) is 5.97. The highest BCUT2D eigenvalue weighted by Crippen LogP contribution is 2.35. The molecule has 1 saturated carbocycles. The van der Waals surface area contributed by atoms with Crippen molar-refractivity contribution in [2.75, 3.05) is 18.1 Å². The number of hydrogen-bond acceptors (Lipinski definition) is 3. The van der Waals surface area contributed by atoms with Crippen molar-refractivity contribution < 1.29 is 9.59 Å². The summed E-state index contributed by atoms with van der Waals surface area (Å²) in [5, 5.41) is 2.98. The molecule has 2 unspecified atom stereocenters. The number of hydrogen-bond donors (Lipinski definition) is 1. The number of thioether (sulfide) groups is 1. The van der Waals surface area contributed by atoms with Crippen molar-refractivity contribution in [3.63, 3.8) is 0 Å². The molecule has 5 heteroatoms. The molecule has 0 aromatic heterocycles. The van der Waals surface area contributed by atoms with Crippen LogP contribution in [0.4, 0.5) is 0 Å². The van der Waals surface area contributed by atoms with Crippen LogP contribution in [-0.4, -0.2) is 46.8 Å². The molecule has 0 spiro atoms. The molecule has 1 heterocycles. The molecule has 21 heavy (non-hydrogen) atoms. The van der Waals surface area contributed by atoms with Crippen LogP contribution in [-0.2, 0) is 9.59 Å². The lowest BCUT2D eigenvalue weighted by Gasteiger charge is -2.40. The predicted octanol–water partition coefficient (Wildman–Crippen LogP) is 2.28. The van der Waals surface area contributed by atoms with Gasteiger partial charge in [0.25, 0.3) is 0 Å². The highest BCUT2D eigenvalue weighted by molar-refractivity contribution is 7.99. The molecule has 120 valence electrons. The first kappa shape index (κ1) is 16.7. The van der Waals surface area contributed by atoms with Gasteiger partial charge in [-0.2, -0.15) is 11.8 Å². The number of amides is 2. The van der Waals surface area contributed by atoms with Crippen LogP contribution in [0, 0.1) is 11.8 Å².